The lowest BCUT2D eigenvalue weighted by Crippen LogP contribution is -2.58. The van der Waals surface area contributed by atoms with Crippen LogP contribution in [0.25, 0.3) is 6.08 Å². The number of hydrogen-bond acceptors (Lipinski definition) is 10. The van der Waals surface area contributed by atoms with Crippen molar-refractivity contribution < 1.29 is 56.0 Å². The Morgan fingerprint density at radius 1 is 1.00 bits per heavy atom. The van der Waals surface area contributed by atoms with Gasteiger partial charge in [-0.25, -0.2) is 21.9 Å². The van der Waals surface area contributed by atoms with E-state index in [-0.39, 0.29) is 54.8 Å². The Labute approximate surface area is 262 Å². The standard InChI is InChI=1S/C27H34F2N6O10S/c1-15(24(38)35-26(32)33)12-16-13-19(28)21(20(29)14-16)45-17-2-4-18(5-3-17)46(41,42)34-7-9-44-11-10-43-8-6-27(40,25(31)39)22(36)23(30)37/h2-5,12-14,22,34,36,40H,6-11H2,1H3,(H2,30,37)(H2,31,39)(H4,32,33,35,38)/b15-12+. The molecule has 2 aromatic carbocycles. The van der Waals surface area contributed by atoms with E-state index in [0.29, 0.717) is 0 Å². The Bertz CT molecular complexity index is 1560. The molecule has 16 nitrogen and oxygen atoms in total. The van der Waals surface area contributed by atoms with E-state index in [1.165, 1.54) is 25.1 Å². The van der Waals surface area contributed by atoms with Crippen LogP contribution >= 0.6 is 0 Å². The molecule has 0 aliphatic carbocycles. The second-order valence-corrected chi connectivity index (χ2v) is 11.3. The topological polar surface area (TPSA) is 282 Å². The molecular weight excluding hydrogens is 638 g/mol. The molecule has 2 aromatic rings. The molecule has 0 aliphatic heterocycles. The normalized spacial score (nSPS) is 13.8. The average molecular weight is 673 g/mol. The smallest absolute Gasteiger partial charge is 0.275 e. The van der Waals surface area contributed by atoms with E-state index < -0.39 is 69.2 Å². The molecule has 0 fully saturated rings. The van der Waals surface area contributed by atoms with E-state index in [1.807, 2.05) is 0 Å². The van der Waals surface area contributed by atoms with Gasteiger partial charge >= 0.3 is 0 Å². The van der Waals surface area contributed by atoms with Crippen molar-refractivity contribution >= 4 is 39.8 Å². The minimum Gasteiger partial charge on any atom is -0.451 e. The van der Waals surface area contributed by atoms with Gasteiger partial charge in [-0.3, -0.25) is 14.4 Å². The number of primary amides is 2. The third kappa shape index (κ3) is 10.8. The van der Waals surface area contributed by atoms with Crippen molar-refractivity contribution in [3.63, 3.8) is 0 Å². The summed E-state index contributed by atoms with van der Waals surface area (Å²) < 4.78 is 72.3. The van der Waals surface area contributed by atoms with Gasteiger partial charge < -0.3 is 47.4 Å². The first-order chi connectivity index (χ1) is 21.5. The van der Waals surface area contributed by atoms with E-state index in [1.54, 1.807) is 0 Å². The maximum absolute atomic E-state index is 14.6. The van der Waals surface area contributed by atoms with Crippen LogP contribution < -0.4 is 32.4 Å². The number of ether oxygens (including phenoxy) is 3. The number of carbonyl (C=O) groups is 3. The summed E-state index contributed by atoms with van der Waals surface area (Å²) in [5.41, 5.74) is 17.6. The number of aliphatic imine (C=N–C) groups is 1. The molecule has 2 unspecified atom stereocenters. The molecule has 19 heteroatoms. The van der Waals surface area contributed by atoms with Crippen LogP contribution in [0.4, 0.5) is 8.78 Å². The molecule has 0 aliphatic rings. The van der Waals surface area contributed by atoms with Crippen molar-refractivity contribution in [1.29, 1.82) is 0 Å². The number of nitrogens with zero attached hydrogens (tertiary/aromatic N) is 1. The minimum atomic E-state index is -4.00. The van der Waals surface area contributed by atoms with Gasteiger partial charge in [-0.05, 0) is 55.0 Å². The second-order valence-electron chi connectivity index (χ2n) is 9.52. The van der Waals surface area contributed by atoms with E-state index in [0.717, 1.165) is 24.3 Å². The number of carbonyl (C=O) groups excluding carboxylic acids is 3. The van der Waals surface area contributed by atoms with Crippen LogP contribution in [0, 0.1) is 11.6 Å². The van der Waals surface area contributed by atoms with E-state index >= 15 is 0 Å². The van der Waals surface area contributed by atoms with Gasteiger partial charge in [-0.2, -0.15) is 4.99 Å². The molecule has 2 rings (SSSR count). The zero-order valence-corrected chi connectivity index (χ0v) is 25.3. The molecule has 3 amide bonds. The van der Waals surface area contributed by atoms with Gasteiger partial charge in [0.1, 0.15) is 5.75 Å². The van der Waals surface area contributed by atoms with Crippen LogP contribution in [0.1, 0.15) is 18.9 Å². The highest BCUT2D eigenvalue weighted by Crippen LogP contribution is 2.30. The largest absolute Gasteiger partial charge is 0.451 e. The van der Waals surface area contributed by atoms with Crippen LogP contribution in [0.3, 0.4) is 0 Å². The molecule has 11 N–H and O–H groups in total. The van der Waals surface area contributed by atoms with Gasteiger partial charge in [-0.1, -0.05) is 0 Å². The molecule has 0 bridgehead atoms. The van der Waals surface area contributed by atoms with E-state index in [9.17, 15) is 41.8 Å². The third-order valence-corrected chi connectivity index (χ3v) is 7.49. The molecule has 0 spiro atoms. The highest BCUT2D eigenvalue weighted by molar-refractivity contribution is 7.89. The van der Waals surface area contributed by atoms with Crippen LogP contribution in [0.5, 0.6) is 11.5 Å². The summed E-state index contributed by atoms with van der Waals surface area (Å²) in [5.74, 6) is -6.97. The molecule has 46 heavy (non-hydrogen) atoms. The highest BCUT2D eigenvalue weighted by atomic mass is 32.2. The number of guanidine groups is 1. The molecular formula is C27H34F2N6O10S. The molecule has 0 saturated heterocycles. The number of halogens is 2. The maximum atomic E-state index is 14.6. The van der Waals surface area contributed by atoms with Gasteiger partial charge in [0.15, 0.2) is 35.0 Å². The molecule has 2 atom stereocenters. The van der Waals surface area contributed by atoms with Gasteiger partial charge in [0.05, 0.1) is 31.3 Å². The first-order valence-electron chi connectivity index (χ1n) is 13.2. The van der Waals surface area contributed by atoms with Crippen LogP contribution in [0.2, 0.25) is 0 Å². The fourth-order valence-electron chi connectivity index (χ4n) is 3.59. The number of aliphatic hydroxyl groups excluding tert-OH is 1. The maximum Gasteiger partial charge on any atom is 0.275 e. The lowest BCUT2D eigenvalue weighted by Gasteiger charge is -2.27. The molecule has 0 radical (unpaired) electrons. The Morgan fingerprint density at radius 2 is 1.57 bits per heavy atom. The van der Waals surface area contributed by atoms with Gasteiger partial charge in [0, 0.05) is 18.5 Å². The minimum absolute atomic E-state index is 0.00114. The summed E-state index contributed by atoms with van der Waals surface area (Å²) in [5, 5.41) is 19.7. The average Bonchev–Trinajstić information content (AvgIpc) is 2.97. The molecule has 252 valence electrons. The third-order valence-electron chi connectivity index (χ3n) is 6.01. The molecule has 0 aromatic heterocycles. The van der Waals surface area contributed by atoms with Gasteiger partial charge in [0.25, 0.3) is 11.8 Å². The Kier molecular flexibility index (Phi) is 13.7. The van der Waals surface area contributed by atoms with Crippen molar-refractivity contribution in [2.45, 2.75) is 29.9 Å². The number of rotatable bonds is 18. The first-order valence-corrected chi connectivity index (χ1v) is 14.7. The Balaban J connectivity index is 1.84. The fraction of sp³-hybridized carbons (Fsp3) is 0.333. The van der Waals surface area contributed by atoms with Crippen molar-refractivity contribution in [1.82, 2.24) is 4.72 Å². The van der Waals surface area contributed by atoms with Gasteiger partial charge in [0.2, 0.25) is 15.9 Å². The summed E-state index contributed by atoms with van der Waals surface area (Å²) in [6, 6.07) is 6.52. The number of benzene rings is 2. The number of hydrogen-bond donors (Lipinski definition) is 7. The van der Waals surface area contributed by atoms with Crippen molar-refractivity contribution in [2.75, 3.05) is 33.0 Å². The van der Waals surface area contributed by atoms with Crippen LogP contribution in [-0.4, -0.2) is 87.0 Å². The van der Waals surface area contributed by atoms with Crippen LogP contribution in [-0.2, 0) is 33.9 Å². The zero-order valence-electron chi connectivity index (χ0n) is 24.4. The summed E-state index contributed by atoms with van der Waals surface area (Å²) >= 11 is 0. The number of amides is 3. The molecule has 0 saturated carbocycles. The number of sulfonamides is 1. The highest BCUT2D eigenvalue weighted by Gasteiger charge is 2.44. The SMILES string of the molecule is C/C(=C\c1cc(F)c(Oc2ccc(S(=O)(=O)NCCOCCOCCC(O)(C(N)=O)C(O)C(N)=O)cc2)c(F)c1)C(=O)N=C(N)N. The number of aliphatic hydroxyl groups is 2. The van der Waals surface area contributed by atoms with Crippen LogP contribution in [0.15, 0.2) is 51.9 Å². The van der Waals surface area contributed by atoms with Crippen molar-refractivity contribution in [2.24, 2.45) is 27.9 Å². The predicted octanol–water partition coefficient (Wildman–Crippen LogP) is -1.28. The summed E-state index contributed by atoms with van der Waals surface area (Å²) in [7, 11) is -4.00. The number of nitrogens with one attached hydrogen (secondary N) is 1. The van der Waals surface area contributed by atoms with Gasteiger partial charge in [-0.15, -0.1) is 0 Å². The molecule has 0 heterocycles. The van der Waals surface area contributed by atoms with Crippen molar-refractivity contribution in [3.8, 4) is 11.5 Å². The summed E-state index contributed by atoms with van der Waals surface area (Å²) in [6.45, 7) is 0.802. The quantitative estimate of drug-likeness (QED) is 0.0422. The van der Waals surface area contributed by atoms with Crippen molar-refractivity contribution in [3.05, 3.63) is 59.2 Å². The van der Waals surface area contributed by atoms with E-state index in [2.05, 4.69) is 9.71 Å². The fourth-order valence-corrected chi connectivity index (χ4v) is 4.61. The lowest BCUT2D eigenvalue weighted by atomic mass is 9.92. The van der Waals surface area contributed by atoms with E-state index in [4.69, 9.17) is 37.1 Å². The first kappa shape index (κ1) is 37.7. The number of nitrogens with two attached hydrogens (primary N) is 4. The Hall–Kier alpha value is -4.53. The summed E-state index contributed by atoms with van der Waals surface area (Å²) in [4.78, 5) is 37.4. The second kappa shape index (κ2) is 16.7. The monoisotopic (exact) mass is 672 g/mol. The Morgan fingerprint density at radius 3 is 2.09 bits per heavy atom. The zero-order chi connectivity index (χ0) is 34.7. The summed E-state index contributed by atoms with van der Waals surface area (Å²) in [6.07, 6.45) is -1.56. The lowest BCUT2D eigenvalue weighted by molar-refractivity contribution is -0.161. The predicted molar refractivity (Wildman–Crippen MR) is 158 cm³/mol.